The molecule has 186 valence electrons. The first kappa shape index (κ1) is 23.9. The zero-order valence-electron chi connectivity index (χ0n) is 21.1. The number of anilines is 1. The van der Waals surface area contributed by atoms with Crippen molar-refractivity contribution < 1.29 is 14.3 Å². The normalized spacial score (nSPS) is 21.0. The number of benzene rings is 1. The Kier molecular flexibility index (Phi) is 6.17. The number of likely N-dealkylation sites (tertiary alicyclic amines) is 1. The fourth-order valence-corrected chi connectivity index (χ4v) is 6.10. The number of carbonyl (C=O) groups excluding carboxylic acids is 2. The summed E-state index contributed by atoms with van der Waals surface area (Å²) < 4.78 is 7.90. The summed E-state index contributed by atoms with van der Waals surface area (Å²) in [7, 11) is 3.58. The van der Waals surface area contributed by atoms with E-state index < -0.39 is 0 Å². The Bertz CT molecular complexity index is 1370. The predicted octanol–water partition coefficient (Wildman–Crippen LogP) is 4.31. The van der Waals surface area contributed by atoms with Gasteiger partial charge in [0, 0.05) is 37.8 Å². The van der Waals surface area contributed by atoms with Crippen LogP contribution in [0.3, 0.4) is 0 Å². The molecular weight excluding hydrogens is 454 g/mol. The van der Waals surface area contributed by atoms with E-state index in [2.05, 4.69) is 22.6 Å². The zero-order chi connectivity index (χ0) is 25.6. The summed E-state index contributed by atoms with van der Waals surface area (Å²) in [6, 6.07) is 8.65. The van der Waals surface area contributed by atoms with Crippen molar-refractivity contribution in [3.63, 3.8) is 0 Å². The number of nitrogens with one attached hydrogen (secondary N) is 1. The minimum absolute atomic E-state index is 0.00261. The zero-order valence-corrected chi connectivity index (χ0v) is 21.1. The molecule has 3 heterocycles. The molecule has 2 amide bonds. The highest BCUT2D eigenvalue weighted by Crippen LogP contribution is 2.51. The van der Waals surface area contributed by atoms with Crippen LogP contribution in [0.25, 0.3) is 11.0 Å². The molecule has 1 saturated carbocycles. The Labute approximate surface area is 210 Å². The molecule has 2 atom stereocenters. The van der Waals surface area contributed by atoms with E-state index in [0.717, 1.165) is 37.0 Å². The molecule has 36 heavy (non-hydrogen) atoms. The topological polar surface area (TPSA) is 100 Å². The SMILES string of the molecule is COc1c(NC(=O)c2cccc(C#N)c2)cnc2c1c(C1C3CCC1CN(C(=O)C(C)C)C3)cn2C. The van der Waals surface area contributed by atoms with E-state index in [-0.39, 0.29) is 17.7 Å². The molecule has 1 aromatic carbocycles. The first-order chi connectivity index (χ1) is 17.3. The number of aromatic nitrogens is 2. The molecule has 1 saturated heterocycles. The van der Waals surface area contributed by atoms with Crippen molar-refractivity contribution in [2.75, 3.05) is 25.5 Å². The number of hydrogen-bond donors (Lipinski definition) is 1. The number of aryl methyl sites for hydroxylation is 1. The fourth-order valence-electron chi connectivity index (χ4n) is 6.10. The lowest BCUT2D eigenvalue weighted by Gasteiger charge is -2.39. The van der Waals surface area contributed by atoms with Crippen molar-refractivity contribution in [2.45, 2.75) is 32.6 Å². The van der Waals surface area contributed by atoms with E-state index in [9.17, 15) is 14.9 Å². The Balaban J connectivity index is 1.51. The number of piperidine rings is 1. The van der Waals surface area contributed by atoms with Crippen molar-refractivity contribution >= 4 is 28.5 Å². The maximum atomic E-state index is 13.0. The standard InChI is InChI=1S/C28H31N5O3/c1-16(2)28(35)33-13-19-8-9-20(14-33)23(19)21-15-32(3)26-24(21)25(36-4)22(12-30-26)31-27(34)18-7-5-6-17(10-18)11-29/h5-7,10,12,15-16,19-20,23H,8-9,13-14H2,1-4H3,(H,31,34). The molecule has 8 heteroatoms. The average Bonchev–Trinajstić information content (AvgIpc) is 3.34. The molecule has 0 radical (unpaired) electrons. The fraction of sp³-hybridized carbons (Fsp3) is 0.429. The Morgan fingerprint density at radius 1 is 1.22 bits per heavy atom. The van der Waals surface area contributed by atoms with Crippen LogP contribution in [0.5, 0.6) is 5.75 Å². The second-order valence-corrected chi connectivity index (χ2v) is 10.3. The van der Waals surface area contributed by atoms with Crippen LogP contribution >= 0.6 is 0 Å². The van der Waals surface area contributed by atoms with E-state index in [1.807, 2.05) is 30.4 Å². The molecule has 2 aliphatic rings. The highest BCUT2D eigenvalue weighted by molar-refractivity contribution is 6.07. The first-order valence-electron chi connectivity index (χ1n) is 12.4. The maximum Gasteiger partial charge on any atom is 0.255 e. The van der Waals surface area contributed by atoms with Crippen molar-refractivity contribution in [1.82, 2.24) is 14.5 Å². The third kappa shape index (κ3) is 3.98. The van der Waals surface area contributed by atoms with Gasteiger partial charge in [-0.15, -0.1) is 0 Å². The summed E-state index contributed by atoms with van der Waals surface area (Å²) in [5, 5.41) is 13.0. The van der Waals surface area contributed by atoms with Gasteiger partial charge in [0.1, 0.15) is 11.3 Å². The highest BCUT2D eigenvalue weighted by atomic mass is 16.5. The van der Waals surface area contributed by atoms with Gasteiger partial charge in [-0.25, -0.2) is 4.98 Å². The molecule has 0 spiro atoms. The summed E-state index contributed by atoms with van der Waals surface area (Å²) in [4.78, 5) is 32.4. The number of pyridine rings is 1. The quantitative estimate of drug-likeness (QED) is 0.580. The van der Waals surface area contributed by atoms with Crippen molar-refractivity contribution in [3.05, 3.63) is 53.3 Å². The van der Waals surface area contributed by atoms with E-state index in [0.29, 0.717) is 40.3 Å². The van der Waals surface area contributed by atoms with Gasteiger partial charge >= 0.3 is 0 Å². The van der Waals surface area contributed by atoms with Gasteiger partial charge in [0.2, 0.25) is 5.91 Å². The van der Waals surface area contributed by atoms with E-state index in [4.69, 9.17) is 4.74 Å². The lowest BCUT2D eigenvalue weighted by Crippen LogP contribution is -2.45. The Morgan fingerprint density at radius 2 is 1.94 bits per heavy atom. The second-order valence-electron chi connectivity index (χ2n) is 10.3. The van der Waals surface area contributed by atoms with Gasteiger partial charge in [0.25, 0.3) is 5.91 Å². The number of methoxy groups -OCH3 is 1. The van der Waals surface area contributed by atoms with Gasteiger partial charge in [-0.2, -0.15) is 5.26 Å². The van der Waals surface area contributed by atoms with Crippen LogP contribution in [0.15, 0.2) is 36.7 Å². The van der Waals surface area contributed by atoms with Gasteiger partial charge in [-0.05, 0) is 54.4 Å². The number of ether oxygens (including phenoxy) is 1. The monoisotopic (exact) mass is 485 g/mol. The van der Waals surface area contributed by atoms with E-state index in [1.165, 1.54) is 5.56 Å². The molecule has 2 bridgehead atoms. The maximum absolute atomic E-state index is 13.0. The molecule has 1 aliphatic carbocycles. The van der Waals surface area contributed by atoms with Gasteiger partial charge in [-0.1, -0.05) is 19.9 Å². The number of nitriles is 1. The van der Waals surface area contributed by atoms with Crippen molar-refractivity contribution in [2.24, 2.45) is 24.8 Å². The molecular formula is C28H31N5O3. The summed E-state index contributed by atoms with van der Waals surface area (Å²) >= 11 is 0. The second kappa shape index (κ2) is 9.30. The van der Waals surface area contributed by atoms with E-state index >= 15 is 0 Å². The van der Waals surface area contributed by atoms with Crippen LogP contribution < -0.4 is 10.1 Å². The number of carbonyl (C=O) groups is 2. The van der Waals surface area contributed by atoms with Gasteiger partial charge in [-0.3, -0.25) is 9.59 Å². The summed E-state index contributed by atoms with van der Waals surface area (Å²) in [6.45, 7) is 5.47. The van der Waals surface area contributed by atoms with Crippen LogP contribution in [0.4, 0.5) is 5.69 Å². The smallest absolute Gasteiger partial charge is 0.255 e. The van der Waals surface area contributed by atoms with Crippen LogP contribution in [0.2, 0.25) is 0 Å². The Hall–Kier alpha value is -3.86. The lowest BCUT2D eigenvalue weighted by atomic mass is 9.79. The molecule has 5 rings (SSSR count). The van der Waals surface area contributed by atoms with Crippen LogP contribution in [0.1, 0.15) is 54.1 Å². The van der Waals surface area contributed by atoms with Crippen LogP contribution in [-0.4, -0.2) is 46.5 Å². The largest absolute Gasteiger partial charge is 0.494 e. The van der Waals surface area contributed by atoms with Crippen molar-refractivity contribution in [1.29, 1.82) is 5.26 Å². The lowest BCUT2D eigenvalue weighted by molar-refractivity contribution is -0.136. The number of rotatable bonds is 5. The summed E-state index contributed by atoms with van der Waals surface area (Å²) in [5.41, 5.74) is 3.27. The number of fused-ring (bicyclic) bond motifs is 3. The van der Waals surface area contributed by atoms with Crippen molar-refractivity contribution in [3.8, 4) is 11.8 Å². The number of nitrogens with zero attached hydrogens (tertiary/aromatic N) is 4. The van der Waals surface area contributed by atoms with Crippen LogP contribution in [-0.2, 0) is 11.8 Å². The third-order valence-corrected chi connectivity index (χ3v) is 7.67. The van der Waals surface area contributed by atoms with Gasteiger partial charge in [0.05, 0.1) is 30.3 Å². The van der Waals surface area contributed by atoms with E-state index in [1.54, 1.807) is 37.6 Å². The molecule has 2 unspecified atom stereocenters. The minimum atomic E-state index is -0.329. The van der Waals surface area contributed by atoms with Gasteiger partial charge in [0.15, 0.2) is 5.75 Å². The molecule has 8 nitrogen and oxygen atoms in total. The highest BCUT2D eigenvalue weighted by Gasteiger charge is 2.45. The molecule has 2 aromatic heterocycles. The molecule has 1 aliphatic heterocycles. The van der Waals surface area contributed by atoms with Crippen LogP contribution in [0, 0.1) is 29.1 Å². The molecule has 1 N–H and O–H groups in total. The third-order valence-electron chi connectivity index (χ3n) is 7.67. The summed E-state index contributed by atoms with van der Waals surface area (Å²) in [5.74, 6) is 1.56. The number of amides is 2. The summed E-state index contributed by atoms with van der Waals surface area (Å²) in [6.07, 6.45) is 5.94. The number of hydrogen-bond acceptors (Lipinski definition) is 5. The first-order valence-corrected chi connectivity index (χ1v) is 12.4. The van der Waals surface area contributed by atoms with Gasteiger partial charge < -0.3 is 19.5 Å². The predicted molar refractivity (Wildman–Crippen MR) is 137 cm³/mol. The average molecular weight is 486 g/mol. The minimum Gasteiger partial charge on any atom is -0.494 e. The molecule has 3 aromatic rings. The molecule has 2 fully saturated rings. The Morgan fingerprint density at radius 3 is 2.58 bits per heavy atom.